The number of aromatic nitrogens is 4. The molecule has 0 aliphatic rings. The molecule has 0 atom stereocenters. The molecule has 0 amide bonds. The van der Waals surface area contributed by atoms with Crippen LogP contribution in [-0.4, -0.2) is 24.4 Å². The van der Waals surface area contributed by atoms with Crippen molar-refractivity contribution < 1.29 is 5.11 Å². The molecule has 0 saturated carbocycles. The molecule has 5 rings (SSSR count). The Kier molecular flexibility index (Phi) is 5.38. The highest BCUT2D eigenvalue weighted by atomic mass is 35.5. The number of benzene rings is 3. The Bertz CT molecular complexity index is 1580. The number of phenolic OH excluding ortho intramolecular Hbond substituents is 1. The number of aromatic amines is 1. The van der Waals surface area contributed by atoms with Gasteiger partial charge in [0.2, 0.25) is 0 Å². The molecule has 170 valence electrons. The van der Waals surface area contributed by atoms with Crippen LogP contribution >= 0.6 is 11.6 Å². The van der Waals surface area contributed by atoms with Gasteiger partial charge >= 0.3 is 5.69 Å². The number of hydrogen-bond donors (Lipinski definition) is 2. The second-order valence-electron chi connectivity index (χ2n) is 8.51. The predicted octanol–water partition coefficient (Wildman–Crippen LogP) is 5.88. The molecule has 2 N–H and O–H groups in total. The summed E-state index contributed by atoms with van der Waals surface area (Å²) in [5.41, 5.74) is 7.60. The standard InChI is InChI=1S/C27H23ClN4O2/c1-16-8-19(21-14-29-30-15-21)12-20(9-16)23-11-17(2)10-22(26(23)33)18-4-5-25(24(28)13-18)32-7-6-31(3)27(32)34/h4-15,33H,1-3H3,(H,29,30). The van der Waals surface area contributed by atoms with E-state index in [-0.39, 0.29) is 11.4 Å². The third kappa shape index (κ3) is 3.82. The molecule has 0 unspecified atom stereocenters. The zero-order chi connectivity index (χ0) is 24.0. The zero-order valence-corrected chi connectivity index (χ0v) is 19.8. The first-order valence-corrected chi connectivity index (χ1v) is 11.2. The molecule has 0 bridgehead atoms. The molecular formula is C27H23ClN4O2. The van der Waals surface area contributed by atoms with E-state index in [0.29, 0.717) is 16.3 Å². The number of phenols is 1. The molecule has 34 heavy (non-hydrogen) atoms. The van der Waals surface area contributed by atoms with E-state index in [4.69, 9.17) is 11.6 Å². The van der Waals surface area contributed by atoms with Gasteiger partial charge in [0.1, 0.15) is 5.75 Å². The minimum Gasteiger partial charge on any atom is -0.507 e. The third-order valence-corrected chi connectivity index (χ3v) is 6.24. The summed E-state index contributed by atoms with van der Waals surface area (Å²) in [6.45, 7) is 4.03. The van der Waals surface area contributed by atoms with Gasteiger partial charge in [-0.1, -0.05) is 29.8 Å². The Labute approximate surface area is 201 Å². The SMILES string of the molecule is Cc1cc(-c2cn[nH]c2)cc(-c2cc(C)cc(-c3ccc(-n4ccn(C)c4=O)c(Cl)c3)c2O)c1. The van der Waals surface area contributed by atoms with Crippen molar-refractivity contribution in [3.05, 3.63) is 100.0 Å². The Morgan fingerprint density at radius 1 is 0.882 bits per heavy atom. The summed E-state index contributed by atoms with van der Waals surface area (Å²) in [7, 11) is 1.69. The number of aryl methyl sites for hydroxylation is 3. The Balaban J connectivity index is 1.62. The number of aromatic hydroxyl groups is 1. The molecule has 0 fully saturated rings. The van der Waals surface area contributed by atoms with Crippen LogP contribution in [0.15, 0.2) is 78.1 Å². The molecule has 0 saturated heterocycles. The average molecular weight is 471 g/mol. The van der Waals surface area contributed by atoms with Gasteiger partial charge in [-0.05, 0) is 72.0 Å². The van der Waals surface area contributed by atoms with Gasteiger partial charge < -0.3 is 9.67 Å². The van der Waals surface area contributed by atoms with E-state index < -0.39 is 0 Å². The number of rotatable bonds is 4. The van der Waals surface area contributed by atoms with E-state index in [0.717, 1.165) is 38.9 Å². The largest absolute Gasteiger partial charge is 0.507 e. The highest BCUT2D eigenvalue weighted by Gasteiger charge is 2.16. The smallest absolute Gasteiger partial charge is 0.332 e. The second-order valence-corrected chi connectivity index (χ2v) is 8.92. The lowest BCUT2D eigenvalue weighted by molar-refractivity contribution is 0.479. The van der Waals surface area contributed by atoms with Gasteiger partial charge in [0, 0.05) is 42.3 Å². The topological polar surface area (TPSA) is 75.8 Å². The lowest BCUT2D eigenvalue weighted by Crippen LogP contribution is -2.20. The summed E-state index contributed by atoms with van der Waals surface area (Å²) in [4.78, 5) is 12.3. The normalized spacial score (nSPS) is 11.2. The van der Waals surface area contributed by atoms with E-state index >= 15 is 0 Å². The van der Waals surface area contributed by atoms with Gasteiger partial charge in [0.15, 0.2) is 0 Å². The van der Waals surface area contributed by atoms with E-state index in [1.807, 2.05) is 44.3 Å². The van der Waals surface area contributed by atoms with Crippen LogP contribution in [0, 0.1) is 13.8 Å². The van der Waals surface area contributed by atoms with Crippen molar-refractivity contribution in [2.45, 2.75) is 13.8 Å². The number of nitrogens with zero attached hydrogens (tertiary/aromatic N) is 3. The molecule has 3 aromatic carbocycles. The lowest BCUT2D eigenvalue weighted by atomic mass is 9.92. The molecule has 0 aliphatic carbocycles. The Morgan fingerprint density at radius 2 is 1.59 bits per heavy atom. The quantitative estimate of drug-likeness (QED) is 0.344. The van der Waals surface area contributed by atoms with Crippen LogP contribution in [0.25, 0.3) is 39.1 Å². The maximum atomic E-state index is 12.3. The number of hydrogen-bond acceptors (Lipinski definition) is 3. The maximum absolute atomic E-state index is 12.3. The predicted molar refractivity (Wildman–Crippen MR) is 136 cm³/mol. The maximum Gasteiger partial charge on any atom is 0.332 e. The molecular weight excluding hydrogens is 448 g/mol. The molecule has 0 aliphatic heterocycles. The summed E-state index contributed by atoms with van der Waals surface area (Å²) in [5, 5.41) is 18.7. The first kappa shape index (κ1) is 21.8. The molecule has 2 aromatic heterocycles. The van der Waals surface area contributed by atoms with Gasteiger partial charge in [-0.3, -0.25) is 9.67 Å². The summed E-state index contributed by atoms with van der Waals surface area (Å²) >= 11 is 6.58. The van der Waals surface area contributed by atoms with E-state index in [1.54, 1.807) is 37.8 Å². The van der Waals surface area contributed by atoms with Crippen molar-refractivity contribution in [2.24, 2.45) is 7.05 Å². The fourth-order valence-electron chi connectivity index (χ4n) is 4.25. The molecule has 7 heteroatoms. The van der Waals surface area contributed by atoms with Crippen LogP contribution in [-0.2, 0) is 7.05 Å². The first-order chi connectivity index (χ1) is 16.3. The molecule has 5 aromatic rings. The average Bonchev–Trinajstić information content (AvgIpc) is 3.46. The van der Waals surface area contributed by atoms with Crippen molar-refractivity contribution in [3.63, 3.8) is 0 Å². The fourth-order valence-corrected chi connectivity index (χ4v) is 4.52. The summed E-state index contributed by atoms with van der Waals surface area (Å²) < 4.78 is 2.99. The fraction of sp³-hybridized carbons (Fsp3) is 0.111. The van der Waals surface area contributed by atoms with Gasteiger partial charge in [-0.2, -0.15) is 5.10 Å². The van der Waals surface area contributed by atoms with E-state index in [9.17, 15) is 9.90 Å². The molecule has 0 spiro atoms. The van der Waals surface area contributed by atoms with Crippen molar-refractivity contribution in [1.29, 1.82) is 0 Å². The van der Waals surface area contributed by atoms with Gasteiger partial charge in [-0.25, -0.2) is 4.79 Å². The molecule has 6 nitrogen and oxygen atoms in total. The minimum absolute atomic E-state index is 0.176. The van der Waals surface area contributed by atoms with Crippen LogP contribution in [0.2, 0.25) is 5.02 Å². The van der Waals surface area contributed by atoms with Crippen molar-refractivity contribution in [3.8, 4) is 44.8 Å². The Hall–Kier alpha value is -4.03. The highest BCUT2D eigenvalue weighted by molar-refractivity contribution is 6.32. The number of H-pyrrole nitrogens is 1. The van der Waals surface area contributed by atoms with Gasteiger partial charge in [0.25, 0.3) is 0 Å². The minimum atomic E-state index is -0.178. The van der Waals surface area contributed by atoms with Crippen molar-refractivity contribution in [1.82, 2.24) is 19.3 Å². The van der Waals surface area contributed by atoms with Crippen molar-refractivity contribution in [2.75, 3.05) is 0 Å². The van der Waals surface area contributed by atoms with Crippen LogP contribution < -0.4 is 5.69 Å². The first-order valence-electron chi connectivity index (χ1n) is 10.8. The summed E-state index contributed by atoms with van der Waals surface area (Å²) in [6.07, 6.45) is 7.00. The zero-order valence-electron chi connectivity index (χ0n) is 19.0. The lowest BCUT2D eigenvalue weighted by Gasteiger charge is -2.15. The summed E-state index contributed by atoms with van der Waals surface area (Å²) in [5.74, 6) is 0.176. The van der Waals surface area contributed by atoms with Gasteiger partial charge in [-0.15, -0.1) is 0 Å². The molecule has 0 radical (unpaired) electrons. The van der Waals surface area contributed by atoms with Crippen LogP contribution in [0.1, 0.15) is 11.1 Å². The van der Waals surface area contributed by atoms with Crippen LogP contribution in [0.3, 0.4) is 0 Å². The third-order valence-electron chi connectivity index (χ3n) is 5.94. The second kappa shape index (κ2) is 8.39. The van der Waals surface area contributed by atoms with Crippen LogP contribution in [0.4, 0.5) is 0 Å². The van der Waals surface area contributed by atoms with Crippen molar-refractivity contribution >= 4 is 11.6 Å². The Morgan fingerprint density at radius 3 is 2.24 bits per heavy atom. The van der Waals surface area contributed by atoms with E-state index in [2.05, 4.69) is 22.3 Å². The number of imidazole rings is 1. The highest BCUT2D eigenvalue weighted by Crippen LogP contribution is 2.41. The molecule has 2 heterocycles. The van der Waals surface area contributed by atoms with Gasteiger partial charge in [0.05, 0.1) is 16.9 Å². The number of nitrogens with one attached hydrogen (secondary N) is 1. The monoisotopic (exact) mass is 470 g/mol. The number of halogens is 1. The van der Waals surface area contributed by atoms with Crippen LogP contribution in [0.5, 0.6) is 5.75 Å². The van der Waals surface area contributed by atoms with E-state index in [1.165, 1.54) is 9.13 Å². The summed E-state index contributed by atoms with van der Waals surface area (Å²) in [6, 6.07) is 15.6.